The summed E-state index contributed by atoms with van der Waals surface area (Å²) in [4.78, 5) is -0.362. The van der Waals surface area contributed by atoms with E-state index in [0.29, 0.717) is 24.2 Å². The number of hydrogen-bond donors (Lipinski definition) is 1. The molecule has 0 spiro atoms. The van der Waals surface area contributed by atoms with Crippen LogP contribution in [0.5, 0.6) is 0 Å². The molecule has 0 saturated heterocycles. The predicted molar refractivity (Wildman–Crippen MR) is 72.1 cm³/mol. The van der Waals surface area contributed by atoms with Crippen LogP contribution in [0.3, 0.4) is 0 Å². The molecule has 112 valence electrons. The van der Waals surface area contributed by atoms with Crippen LogP contribution in [0.25, 0.3) is 0 Å². The number of hydrogen-bond acceptors (Lipinski definition) is 2. The summed E-state index contributed by atoms with van der Waals surface area (Å²) in [6, 6.07) is 3.77. The van der Waals surface area contributed by atoms with Gasteiger partial charge in [0.1, 0.15) is 0 Å². The van der Waals surface area contributed by atoms with Crippen molar-refractivity contribution in [3.63, 3.8) is 0 Å². The Kier molecular flexibility index (Phi) is 4.19. The number of alkyl halides is 4. The molecule has 3 nitrogen and oxygen atoms in total. The van der Waals surface area contributed by atoms with E-state index < -0.39 is 27.3 Å². The monoisotopic (exact) mass is 371 g/mol. The van der Waals surface area contributed by atoms with Gasteiger partial charge in [0.15, 0.2) is 0 Å². The molecule has 0 aromatic heterocycles. The first kappa shape index (κ1) is 15.8. The number of halogens is 4. The lowest BCUT2D eigenvalue weighted by molar-refractivity contribution is -0.137. The highest BCUT2D eigenvalue weighted by atomic mass is 79.9. The van der Waals surface area contributed by atoms with Gasteiger partial charge in [0.25, 0.3) is 0 Å². The van der Waals surface area contributed by atoms with Crippen molar-refractivity contribution in [2.75, 3.05) is 5.33 Å². The van der Waals surface area contributed by atoms with Gasteiger partial charge in [-0.05, 0) is 37.5 Å². The van der Waals surface area contributed by atoms with Crippen molar-refractivity contribution in [3.05, 3.63) is 29.8 Å². The summed E-state index contributed by atoms with van der Waals surface area (Å²) < 4.78 is 64.7. The third-order valence-corrected chi connectivity index (χ3v) is 6.04. The summed E-state index contributed by atoms with van der Waals surface area (Å²) in [5, 5.41) is 0.443. The molecule has 1 aliphatic carbocycles. The van der Waals surface area contributed by atoms with Crippen LogP contribution in [0, 0.1) is 0 Å². The van der Waals surface area contributed by atoms with E-state index in [2.05, 4.69) is 20.7 Å². The van der Waals surface area contributed by atoms with Crippen LogP contribution in [0.15, 0.2) is 29.2 Å². The van der Waals surface area contributed by atoms with Crippen LogP contribution >= 0.6 is 15.9 Å². The maximum atomic E-state index is 12.6. The van der Waals surface area contributed by atoms with Crippen molar-refractivity contribution in [1.82, 2.24) is 4.72 Å². The van der Waals surface area contributed by atoms with Gasteiger partial charge >= 0.3 is 6.18 Å². The lowest BCUT2D eigenvalue weighted by Crippen LogP contribution is -2.54. The Balaban J connectivity index is 2.30. The molecule has 0 atom stereocenters. The quantitative estimate of drug-likeness (QED) is 0.825. The first-order valence-electron chi connectivity index (χ1n) is 5.96. The minimum atomic E-state index is -4.56. The Morgan fingerprint density at radius 2 is 1.95 bits per heavy atom. The zero-order chi connectivity index (χ0) is 15.0. The molecule has 8 heteroatoms. The number of rotatable bonds is 4. The summed E-state index contributed by atoms with van der Waals surface area (Å²) in [5.41, 5.74) is -1.55. The summed E-state index contributed by atoms with van der Waals surface area (Å²) in [6.45, 7) is 0. The predicted octanol–water partition coefficient (Wildman–Crippen LogP) is 3.30. The lowest BCUT2D eigenvalue weighted by Gasteiger charge is -2.40. The van der Waals surface area contributed by atoms with Gasteiger partial charge in [0, 0.05) is 10.9 Å². The maximum Gasteiger partial charge on any atom is 0.416 e. The molecule has 1 N–H and O–H groups in total. The molecule has 1 saturated carbocycles. The van der Waals surface area contributed by atoms with Gasteiger partial charge in [-0.25, -0.2) is 13.1 Å². The molecular weight excluding hydrogens is 359 g/mol. The highest BCUT2D eigenvalue weighted by Crippen LogP contribution is 2.35. The van der Waals surface area contributed by atoms with Crippen LogP contribution in [0.2, 0.25) is 0 Å². The van der Waals surface area contributed by atoms with Crippen LogP contribution in [0.1, 0.15) is 24.8 Å². The second-order valence-corrected chi connectivity index (χ2v) is 7.14. The van der Waals surface area contributed by atoms with E-state index in [1.54, 1.807) is 0 Å². The average molecular weight is 372 g/mol. The van der Waals surface area contributed by atoms with Crippen LogP contribution in [-0.4, -0.2) is 19.3 Å². The molecular formula is C12H13BrF3NO2S. The van der Waals surface area contributed by atoms with Crippen molar-refractivity contribution in [2.24, 2.45) is 0 Å². The average Bonchev–Trinajstić information content (AvgIpc) is 2.33. The minimum absolute atomic E-state index is 0.362. The smallest absolute Gasteiger partial charge is 0.207 e. The van der Waals surface area contributed by atoms with E-state index in [4.69, 9.17) is 0 Å². The normalized spacial score (nSPS) is 18.6. The topological polar surface area (TPSA) is 46.2 Å². The SMILES string of the molecule is O=S(=O)(NC1(CBr)CCC1)c1cccc(C(F)(F)F)c1. The Morgan fingerprint density at radius 3 is 2.40 bits per heavy atom. The van der Waals surface area contributed by atoms with Gasteiger partial charge in [-0.3, -0.25) is 0 Å². The summed E-state index contributed by atoms with van der Waals surface area (Å²) in [7, 11) is -3.95. The highest BCUT2D eigenvalue weighted by Gasteiger charge is 2.40. The molecule has 0 radical (unpaired) electrons. The van der Waals surface area contributed by atoms with Crippen molar-refractivity contribution in [1.29, 1.82) is 0 Å². The van der Waals surface area contributed by atoms with E-state index in [1.165, 1.54) is 0 Å². The van der Waals surface area contributed by atoms with Gasteiger partial charge in [0.05, 0.1) is 10.5 Å². The summed E-state index contributed by atoms with van der Waals surface area (Å²) in [6.07, 6.45) is -2.31. The van der Waals surface area contributed by atoms with Gasteiger partial charge in [-0.15, -0.1) is 0 Å². The Bertz CT molecular complexity index is 591. The second kappa shape index (κ2) is 5.31. The van der Waals surface area contributed by atoms with Gasteiger partial charge in [-0.2, -0.15) is 13.2 Å². The molecule has 0 aliphatic heterocycles. The van der Waals surface area contributed by atoms with Crippen LogP contribution in [0.4, 0.5) is 13.2 Å². The van der Waals surface area contributed by atoms with E-state index in [0.717, 1.165) is 24.6 Å². The van der Waals surface area contributed by atoms with E-state index >= 15 is 0 Å². The van der Waals surface area contributed by atoms with Crippen molar-refractivity contribution in [2.45, 2.75) is 35.9 Å². The molecule has 1 aromatic rings. The van der Waals surface area contributed by atoms with E-state index in [9.17, 15) is 21.6 Å². The fourth-order valence-electron chi connectivity index (χ4n) is 2.05. The minimum Gasteiger partial charge on any atom is -0.207 e. The van der Waals surface area contributed by atoms with Gasteiger partial charge in [0.2, 0.25) is 10.0 Å². The fourth-order valence-corrected chi connectivity index (χ4v) is 4.44. The van der Waals surface area contributed by atoms with Gasteiger partial charge < -0.3 is 0 Å². The van der Waals surface area contributed by atoms with E-state index in [1.807, 2.05) is 0 Å². The van der Waals surface area contributed by atoms with E-state index in [-0.39, 0.29) is 4.90 Å². The first-order chi connectivity index (χ1) is 9.19. The lowest BCUT2D eigenvalue weighted by atomic mass is 9.80. The molecule has 1 fully saturated rings. The highest BCUT2D eigenvalue weighted by molar-refractivity contribution is 9.09. The third-order valence-electron chi connectivity index (χ3n) is 3.39. The number of sulfonamides is 1. The first-order valence-corrected chi connectivity index (χ1v) is 8.56. The Hall–Kier alpha value is -0.600. The van der Waals surface area contributed by atoms with Gasteiger partial charge in [-0.1, -0.05) is 22.0 Å². The maximum absolute atomic E-state index is 12.6. The standard InChI is InChI=1S/C12H13BrF3NO2S/c13-8-11(5-2-6-11)17-20(18,19)10-4-1-3-9(7-10)12(14,15)16/h1,3-4,7,17H,2,5-6,8H2. The summed E-state index contributed by atoms with van der Waals surface area (Å²) in [5.74, 6) is 0. The Labute approximate surface area is 123 Å². The molecule has 0 unspecified atom stereocenters. The molecule has 1 aliphatic rings. The van der Waals surface area contributed by atoms with Crippen molar-refractivity contribution < 1.29 is 21.6 Å². The van der Waals surface area contributed by atoms with Crippen molar-refractivity contribution in [3.8, 4) is 0 Å². The summed E-state index contributed by atoms with van der Waals surface area (Å²) >= 11 is 3.25. The number of nitrogens with one attached hydrogen (secondary N) is 1. The molecule has 1 aromatic carbocycles. The molecule has 0 heterocycles. The zero-order valence-corrected chi connectivity index (χ0v) is 12.8. The largest absolute Gasteiger partial charge is 0.416 e. The van der Waals surface area contributed by atoms with Crippen molar-refractivity contribution >= 4 is 26.0 Å². The molecule has 20 heavy (non-hydrogen) atoms. The number of benzene rings is 1. The van der Waals surface area contributed by atoms with Crippen LogP contribution in [-0.2, 0) is 16.2 Å². The molecule has 0 bridgehead atoms. The second-order valence-electron chi connectivity index (χ2n) is 4.90. The molecule has 0 amide bonds. The third kappa shape index (κ3) is 3.17. The zero-order valence-electron chi connectivity index (χ0n) is 10.4. The van der Waals surface area contributed by atoms with Crippen LogP contribution < -0.4 is 4.72 Å². The molecule has 2 rings (SSSR count). The Morgan fingerprint density at radius 1 is 1.30 bits per heavy atom. The fraction of sp³-hybridized carbons (Fsp3) is 0.500.